The Hall–Kier alpha value is -3.28. The predicted octanol–water partition coefficient (Wildman–Crippen LogP) is 3.20. The van der Waals surface area contributed by atoms with E-state index in [1.165, 1.54) is 6.08 Å². The van der Waals surface area contributed by atoms with Crippen LogP contribution in [-0.2, 0) is 14.3 Å². The summed E-state index contributed by atoms with van der Waals surface area (Å²) in [4.78, 5) is 23.8. The van der Waals surface area contributed by atoms with Gasteiger partial charge in [0.15, 0.2) is 18.1 Å². The summed E-state index contributed by atoms with van der Waals surface area (Å²) in [5.41, 5.74) is 2.91. The highest BCUT2D eigenvalue weighted by molar-refractivity contribution is 5.89. The lowest BCUT2D eigenvalue weighted by atomic mass is 10.1. The summed E-state index contributed by atoms with van der Waals surface area (Å²) >= 11 is 0. The molecule has 3 rings (SSSR count). The van der Waals surface area contributed by atoms with Gasteiger partial charge in [-0.1, -0.05) is 35.9 Å². The fourth-order valence-electron chi connectivity index (χ4n) is 2.72. The van der Waals surface area contributed by atoms with Crippen molar-refractivity contribution in [1.29, 1.82) is 0 Å². The van der Waals surface area contributed by atoms with Gasteiger partial charge in [0, 0.05) is 6.08 Å². The molecule has 0 saturated heterocycles. The number of ether oxygens (including phenoxy) is 3. The van der Waals surface area contributed by atoms with Crippen LogP contribution in [0.5, 0.6) is 11.5 Å². The topological polar surface area (TPSA) is 73.9 Å². The van der Waals surface area contributed by atoms with Crippen LogP contribution in [0.1, 0.15) is 29.7 Å². The first-order valence-corrected chi connectivity index (χ1v) is 9.11. The van der Waals surface area contributed by atoms with Crippen LogP contribution in [0.2, 0.25) is 0 Å². The number of esters is 1. The second-order valence-electron chi connectivity index (χ2n) is 6.54. The fraction of sp³-hybridized carbons (Fsp3) is 0.273. The second-order valence-corrected chi connectivity index (χ2v) is 6.54. The maximum absolute atomic E-state index is 12.1. The molecule has 146 valence electrons. The smallest absolute Gasteiger partial charge is 0.331 e. The lowest BCUT2D eigenvalue weighted by molar-refractivity contribution is -0.144. The molecule has 6 nitrogen and oxygen atoms in total. The molecule has 0 aliphatic carbocycles. The van der Waals surface area contributed by atoms with Gasteiger partial charge in [-0.15, -0.1) is 0 Å². The molecule has 0 bridgehead atoms. The predicted molar refractivity (Wildman–Crippen MR) is 105 cm³/mol. The summed E-state index contributed by atoms with van der Waals surface area (Å²) in [6.45, 7) is 4.53. The van der Waals surface area contributed by atoms with Crippen molar-refractivity contribution in [2.45, 2.75) is 19.9 Å². The zero-order valence-corrected chi connectivity index (χ0v) is 15.9. The van der Waals surface area contributed by atoms with Crippen molar-refractivity contribution < 1.29 is 23.8 Å². The van der Waals surface area contributed by atoms with Gasteiger partial charge in [0.05, 0.1) is 6.04 Å². The Kier molecular flexibility index (Phi) is 6.32. The first-order chi connectivity index (χ1) is 13.5. The van der Waals surface area contributed by atoms with Crippen molar-refractivity contribution in [3.63, 3.8) is 0 Å². The van der Waals surface area contributed by atoms with Crippen LogP contribution in [0.15, 0.2) is 48.5 Å². The SMILES string of the molecule is Cc1ccc(/C=C/C(=O)OCC(=O)NC(C)c2ccc3c(c2)OCCO3)cc1. The summed E-state index contributed by atoms with van der Waals surface area (Å²) in [6, 6.07) is 13.0. The zero-order chi connectivity index (χ0) is 19.9. The Balaban J connectivity index is 1.47. The number of carbonyl (C=O) groups excluding carboxylic acids is 2. The lowest BCUT2D eigenvalue weighted by Gasteiger charge is -2.21. The first-order valence-electron chi connectivity index (χ1n) is 9.11. The normalized spacial score (nSPS) is 13.8. The molecule has 1 amide bonds. The van der Waals surface area contributed by atoms with E-state index < -0.39 is 5.97 Å². The number of hydrogen-bond donors (Lipinski definition) is 1. The number of aryl methyl sites for hydroxylation is 1. The highest BCUT2D eigenvalue weighted by Crippen LogP contribution is 2.32. The molecule has 0 radical (unpaired) electrons. The van der Waals surface area contributed by atoms with Crippen LogP contribution in [0.3, 0.4) is 0 Å². The van der Waals surface area contributed by atoms with Crippen molar-refractivity contribution in [3.05, 3.63) is 65.2 Å². The molecule has 0 aromatic heterocycles. The van der Waals surface area contributed by atoms with E-state index in [1.807, 2.05) is 56.3 Å². The highest BCUT2D eigenvalue weighted by Gasteiger charge is 2.16. The molecule has 0 saturated carbocycles. The zero-order valence-electron chi connectivity index (χ0n) is 15.9. The Morgan fingerprint density at radius 1 is 1.11 bits per heavy atom. The van der Waals surface area contributed by atoms with E-state index in [0.717, 1.165) is 16.7 Å². The first kappa shape index (κ1) is 19.5. The quantitative estimate of drug-likeness (QED) is 0.614. The van der Waals surface area contributed by atoms with E-state index in [9.17, 15) is 9.59 Å². The molecule has 6 heteroatoms. The van der Waals surface area contributed by atoms with E-state index in [-0.39, 0.29) is 18.6 Å². The standard InChI is InChI=1S/C22H23NO5/c1-15-3-5-17(6-4-15)7-10-22(25)28-14-21(24)23-16(2)18-8-9-19-20(13-18)27-12-11-26-19/h3-10,13,16H,11-12,14H2,1-2H3,(H,23,24)/b10-7+. The Bertz CT molecular complexity index is 873. The summed E-state index contributed by atoms with van der Waals surface area (Å²) in [5.74, 6) is 0.419. The molecule has 0 spiro atoms. The number of hydrogen-bond acceptors (Lipinski definition) is 5. The molecule has 0 fully saturated rings. The van der Waals surface area contributed by atoms with E-state index >= 15 is 0 Å². The number of fused-ring (bicyclic) bond motifs is 1. The third-order valence-corrected chi connectivity index (χ3v) is 4.28. The maximum atomic E-state index is 12.1. The van der Waals surface area contributed by atoms with Gasteiger partial charge >= 0.3 is 5.97 Å². The lowest BCUT2D eigenvalue weighted by Crippen LogP contribution is -2.31. The molecule has 1 unspecified atom stereocenters. The average Bonchev–Trinajstić information content (AvgIpc) is 2.71. The number of rotatable bonds is 6. The molecular weight excluding hydrogens is 358 g/mol. The Morgan fingerprint density at radius 3 is 2.57 bits per heavy atom. The van der Waals surface area contributed by atoms with Crippen molar-refractivity contribution in [2.75, 3.05) is 19.8 Å². The van der Waals surface area contributed by atoms with E-state index in [4.69, 9.17) is 14.2 Å². The van der Waals surface area contributed by atoms with E-state index in [1.54, 1.807) is 6.08 Å². The van der Waals surface area contributed by atoms with Gasteiger partial charge in [-0.3, -0.25) is 4.79 Å². The van der Waals surface area contributed by atoms with Crippen molar-refractivity contribution in [2.24, 2.45) is 0 Å². The minimum absolute atomic E-state index is 0.259. The number of carbonyl (C=O) groups is 2. The van der Waals surface area contributed by atoms with Gasteiger partial charge in [-0.05, 0) is 43.2 Å². The van der Waals surface area contributed by atoms with Crippen LogP contribution in [-0.4, -0.2) is 31.7 Å². The van der Waals surface area contributed by atoms with Crippen molar-refractivity contribution in [1.82, 2.24) is 5.32 Å². The van der Waals surface area contributed by atoms with E-state index in [2.05, 4.69) is 5.32 Å². The molecule has 1 aliphatic rings. The molecular formula is C22H23NO5. The van der Waals surface area contributed by atoms with Crippen LogP contribution in [0.4, 0.5) is 0 Å². The van der Waals surface area contributed by atoms with Gasteiger partial charge in [0.1, 0.15) is 13.2 Å². The van der Waals surface area contributed by atoms with Gasteiger partial charge in [-0.25, -0.2) is 4.79 Å². The van der Waals surface area contributed by atoms with Gasteiger partial charge < -0.3 is 19.5 Å². The van der Waals surface area contributed by atoms with E-state index in [0.29, 0.717) is 24.7 Å². The summed E-state index contributed by atoms with van der Waals surface area (Å²) in [5, 5.41) is 2.80. The Labute approximate surface area is 164 Å². The van der Waals surface area contributed by atoms with Crippen LogP contribution in [0, 0.1) is 6.92 Å². The third kappa shape index (κ3) is 5.36. The molecule has 2 aromatic carbocycles. The maximum Gasteiger partial charge on any atom is 0.331 e. The minimum Gasteiger partial charge on any atom is -0.486 e. The number of benzene rings is 2. The minimum atomic E-state index is -0.567. The van der Waals surface area contributed by atoms with Crippen LogP contribution < -0.4 is 14.8 Å². The van der Waals surface area contributed by atoms with Gasteiger partial charge in [0.25, 0.3) is 5.91 Å². The molecule has 1 atom stereocenters. The number of amides is 1. The van der Waals surface area contributed by atoms with Gasteiger partial charge in [0.2, 0.25) is 0 Å². The summed E-state index contributed by atoms with van der Waals surface area (Å²) in [7, 11) is 0. The molecule has 2 aromatic rings. The number of nitrogens with one attached hydrogen (secondary N) is 1. The molecule has 28 heavy (non-hydrogen) atoms. The Morgan fingerprint density at radius 2 is 1.82 bits per heavy atom. The van der Waals surface area contributed by atoms with Crippen LogP contribution >= 0.6 is 0 Å². The fourth-order valence-corrected chi connectivity index (χ4v) is 2.72. The largest absolute Gasteiger partial charge is 0.486 e. The van der Waals surface area contributed by atoms with Gasteiger partial charge in [-0.2, -0.15) is 0 Å². The monoisotopic (exact) mass is 381 g/mol. The summed E-state index contributed by atoms with van der Waals surface area (Å²) in [6.07, 6.45) is 2.96. The van der Waals surface area contributed by atoms with Crippen LogP contribution in [0.25, 0.3) is 6.08 Å². The molecule has 1 aliphatic heterocycles. The average molecular weight is 381 g/mol. The molecule has 1 heterocycles. The third-order valence-electron chi connectivity index (χ3n) is 4.28. The van der Waals surface area contributed by atoms with Crippen molar-refractivity contribution >= 4 is 18.0 Å². The highest BCUT2D eigenvalue weighted by atomic mass is 16.6. The second kappa shape index (κ2) is 9.08. The van der Waals surface area contributed by atoms with Crippen molar-refractivity contribution in [3.8, 4) is 11.5 Å². The molecule has 1 N–H and O–H groups in total. The summed E-state index contributed by atoms with van der Waals surface area (Å²) < 4.78 is 16.0.